The van der Waals surface area contributed by atoms with E-state index in [2.05, 4.69) is 9.97 Å². The number of aldehydes is 1. The average Bonchev–Trinajstić information content (AvgIpc) is 2.67. The molecule has 0 aromatic carbocycles. The molecule has 0 bridgehead atoms. The highest BCUT2D eigenvalue weighted by Gasteiger charge is 2.01. The number of carbonyl (C=O) groups is 1. The molecule has 0 aliphatic rings. The van der Waals surface area contributed by atoms with Crippen LogP contribution in [0.3, 0.4) is 0 Å². The average molecular weight is 204 g/mol. The molecule has 0 amide bonds. The second-order valence-corrected chi connectivity index (χ2v) is 3.72. The van der Waals surface area contributed by atoms with Crippen molar-refractivity contribution in [1.82, 2.24) is 9.97 Å². The molecule has 0 unspecified atom stereocenters. The number of aromatic nitrogens is 2. The first-order valence-electron chi connectivity index (χ1n) is 4.17. The van der Waals surface area contributed by atoms with Gasteiger partial charge in [-0.25, -0.2) is 4.98 Å². The summed E-state index contributed by atoms with van der Waals surface area (Å²) in [6, 6.07) is 3.89. The minimum Gasteiger partial charge on any atom is -0.295 e. The van der Waals surface area contributed by atoms with E-state index in [0.717, 1.165) is 24.0 Å². The van der Waals surface area contributed by atoms with Crippen LogP contribution in [-0.4, -0.2) is 16.3 Å². The van der Waals surface area contributed by atoms with Crippen molar-refractivity contribution < 1.29 is 4.79 Å². The molecule has 14 heavy (non-hydrogen) atoms. The quantitative estimate of drug-likeness (QED) is 0.717. The molecule has 0 aliphatic heterocycles. The summed E-state index contributed by atoms with van der Waals surface area (Å²) in [4.78, 5) is 18.5. The van der Waals surface area contributed by atoms with Crippen molar-refractivity contribution in [2.75, 3.05) is 0 Å². The SMILES string of the molecule is O=Cc1nc(Cc2ccncc2)cs1. The fraction of sp³-hybridized carbons (Fsp3) is 0.100. The van der Waals surface area contributed by atoms with Crippen molar-refractivity contribution in [2.24, 2.45) is 0 Å². The number of thiazole rings is 1. The summed E-state index contributed by atoms with van der Waals surface area (Å²) >= 11 is 1.37. The highest BCUT2D eigenvalue weighted by molar-refractivity contribution is 7.11. The van der Waals surface area contributed by atoms with E-state index in [9.17, 15) is 4.79 Å². The van der Waals surface area contributed by atoms with E-state index in [4.69, 9.17) is 0 Å². The van der Waals surface area contributed by atoms with Gasteiger partial charge in [-0.3, -0.25) is 9.78 Å². The van der Waals surface area contributed by atoms with Gasteiger partial charge < -0.3 is 0 Å². The Labute approximate surface area is 85.5 Å². The second kappa shape index (κ2) is 4.11. The summed E-state index contributed by atoms with van der Waals surface area (Å²) < 4.78 is 0. The Kier molecular flexibility index (Phi) is 2.65. The molecule has 0 saturated carbocycles. The van der Waals surface area contributed by atoms with Crippen molar-refractivity contribution in [3.8, 4) is 0 Å². The molecule has 2 aromatic heterocycles. The third kappa shape index (κ3) is 2.03. The molecule has 70 valence electrons. The molecule has 0 aliphatic carbocycles. The van der Waals surface area contributed by atoms with Crippen LogP contribution in [-0.2, 0) is 6.42 Å². The lowest BCUT2D eigenvalue weighted by atomic mass is 10.2. The zero-order valence-electron chi connectivity index (χ0n) is 7.38. The molecule has 0 N–H and O–H groups in total. The van der Waals surface area contributed by atoms with Gasteiger partial charge in [0, 0.05) is 24.2 Å². The second-order valence-electron chi connectivity index (χ2n) is 2.83. The summed E-state index contributed by atoms with van der Waals surface area (Å²) in [5.41, 5.74) is 2.09. The maximum absolute atomic E-state index is 10.4. The minimum atomic E-state index is 0.536. The third-order valence-corrected chi connectivity index (χ3v) is 2.62. The Hall–Kier alpha value is -1.55. The van der Waals surface area contributed by atoms with Crippen LogP contribution in [0.1, 0.15) is 21.1 Å². The summed E-state index contributed by atoms with van der Waals surface area (Å²) in [5.74, 6) is 0. The molecule has 0 saturated heterocycles. The third-order valence-electron chi connectivity index (χ3n) is 1.80. The normalized spacial score (nSPS) is 10.0. The molecule has 0 spiro atoms. The largest absolute Gasteiger partial charge is 0.295 e. The molecule has 2 heterocycles. The summed E-state index contributed by atoms with van der Waals surface area (Å²) in [5, 5.41) is 2.44. The van der Waals surface area contributed by atoms with Crippen LogP contribution in [0.2, 0.25) is 0 Å². The number of rotatable bonds is 3. The number of nitrogens with zero attached hydrogens (tertiary/aromatic N) is 2. The van der Waals surface area contributed by atoms with E-state index in [1.165, 1.54) is 11.3 Å². The Morgan fingerprint density at radius 1 is 1.36 bits per heavy atom. The molecule has 2 aromatic rings. The van der Waals surface area contributed by atoms with Gasteiger partial charge in [0.25, 0.3) is 0 Å². The molecule has 4 heteroatoms. The lowest BCUT2D eigenvalue weighted by Gasteiger charge is -1.95. The highest BCUT2D eigenvalue weighted by Crippen LogP contribution is 2.11. The van der Waals surface area contributed by atoms with Crippen LogP contribution in [0.5, 0.6) is 0 Å². The van der Waals surface area contributed by atoms with Crippen LogP contribution in [0.25, 0.3) is 0 Å². The summed E-state index contributed by atoms with van der Waals surface area (Å²) in [6.45, 7) is 0. The van der Waals surface area contributed by atoms with Gasteiger partial charge in [0.1, 0.15) is 0 Å². The Morgan fingerprint density at radius 2 is 2.14 bits per heavy atom. The number of carbonyl (C=O) groups excluding carboxylic acids is 1. The Balaban J connectivity index is 2.15. The van der Waals surface area contributed by atoms with Gasteiger partial charge in [0.2, 0.25) is 0 Å². The van der Waals surface area contributed by atoms with Crippen molar-refractivity contribution in [2.45, 2.75) is 6.42 Å². The number of hydrogen-bond acceptors (Lipinski definition) is 4. The molecular formula is C10H8N2OS. The standard InChI is InChI=1S/C10H8N2OS/c13-6-10-12-9(7-14-10)5-8-1-3-11-4-2-8/h1-4,6-7H,5H2. The minimum absolute atomic E-state index is 0.536. The zero-order chi connectivity index (χ0) is 9.80. The Bertz CT molecular complexity index is 425. The smallest absolute Gasteiger partial charge is 0.178 e. The van der Waals surface area contributed by atoms with Gasteiger partial charge in [0.05, 0.1) is 5.69 Å². The number of pyridine rings is 1. The first-order chi connectivity index (χ1) is 6.88. The van der Waals surface area contributed by atoms with Gasteiger partial charge in [-0.2, -0.15) is 0 Å². The van der Waals surface area contributed by atoms with E-state index >= 15 is 0 Å². The fourth-order valence-electron chi connectivity index (χ4n) is 1.17. The maximum Gasteiger partial charge on any atom is 0.178 e. The number of hydrogen-bond donors (Lipinski definition) is 0. The van der Waals surface area contributed by atoms with Crippen molar-refractivity contribution >= 4 is 17.6 Å². The first kappa shape index (κ1) is 9.02. The molecule has 0 atom stereocenters. The van der Waals surface area contributed by atoms with Gasteiger partial charge in [-0.1, -0.05) is 0 Å². The van der Waals surface area contributed by atoms with Crippen LogP contribution < -0.4 is 0 Å². The summed E-state index contributed by atoms with van der Waals surface area (Å²) in [7, 11) is 0. The van der Waals surface area contributed by atoms with Gasteiger partial charge in [-0.05, 0) is 17.7 Å². The van der Waals surface area contributed by atoms with Crippen molar-refractivity contribution in [1.29, 1.82) is 0 Å². The van der Waals surface area contributed by atoms with Crippen LogP contribution in [0, 0.1) is 0 Å². The molecule has 0 radical (unpaired) electrons. The molecule has 0 fully saturated rings. The van der Waals surface area contributed by atoms with Crippen molar-refractivity contribution in [3.63, 3.8) is 0 Å². The fourth-order valence-corrected chi connectivity index (χ4v) is 1.79. The lowest BCUT2D eigenvalue weighted by Crippen LogP contribution is -1.89. The van der Waals surface area contributed by atoms with Crippen LogP contribution in [0.4, 0.5) is 0 Å². The van der Waals surface area contributed by atoms with E-state index in [0.29, 0.717) is 5.01 Å². The van der Waals surface area contributed by atoms with Crippen LogP contribution in [0.15, 0.2) is 29.9 Å². The topological polar surface area (TPSA) is 42.9 Å². The Morgan fingerprint density at radius 3 is 2.79 bits per heavy atom. The predicted octanol–water partition coefficient (Wildman–Crippen LogP) is 1.94. The van der Waals surface area contributed by atoms with E-state index in [-0.39, 0.29) is 0 Å². The van der Waals surface area contributed by atoms with Crippen LogP contribution >= 0.6 is 11.3 Å². The van der Waals surface area contributed by atoms with Gasteiger partial charge >= 0.3 is 0 Å². The van der Waals surface area contributed by atoms with Gasteiger partial charge in [0.15, 0.2) is 11.3 Å². The lowest BCUT2D eigenvalue weighted by molar-refractivity contribution is 0.112. The van der Waals surface area contributed by atoms with Crippen molar-refractivity contribution in [3.05, 3.63) is 46.2 Å². The van der Waals surface area contributed by atoms with E-state index in [1.54, 1.807) is 12.4 Å². The van der Waals surface area contributed by atoms with E-state index in [1.807, 2.05) is 17.5 Å². The maximum atomic E-state index is 10.4. The first-order valence-corrected chi connectivity index (χ1v) is 5.05. The summed E-state index contributed by atoms with van der Waals surface area (Å²) in [6.07, 6.45) is 5.04. The highest BCUT2D eigenvalue weighted by atomic mass is 32.1. The monoisotopic (exact) mass is 204 g/mol. The molecular weight excluding hydrogens is 196 g/mol. The van der Waals surface area contributed by atoms with E-state index < -0.39 is 0 Å². The van der Waals surface area contributed by atoms with Gasteiger partial charge in [-0.15, -0.1) is 11.3 Å². The molecule has 2 rings (SSSR count). The predicted molar refractivity (Wildman–Crippen MR) is 54.5 cm³/mol. The zero-order valence-corrected chi connectivity index (χ0v) is 8.20. The molecule has 3 nitrogen and oxygen atoms in total.